The van der Waals surface area contributed by atoms with Crippen molar-refractivity contribution in [3.63, 3.8) is 0 Å². The monoisotopic (exact) mass is 259 g/mol. The average Bonchev–Trinajstić information content (AvgIpc) is 2.44. The van der Waals surface area contributed by atoms with Gasteiger partial charge in [-0.1, -0.05) is 63.1 Å². The van der Waals surface area contributed by atoms with Gasteiger partial charge in [0.05, 0.1) is 6.04 Å². The highest BCUT2D eigenvalue weighted by molar-refractivity contribution is 5.93. The lowest BCUT2D eigenvalue weighted by Crippen LogP contribution is -2.28. The van der Waals surface area contributed by atoms with E-state index >= 15 is 0 Å². The Kier molecular flexibility index (Phi) is 6.94. The second-order valence-electron chi connectivity index (χ2n) is 4.87. The van der Waals surface area contributed by atoms with E-state index in [-0.39, 0.29) is 11.9 Å². The van der Waals surface area contributed by atoms with Crippen LogP contribution in [0.25, 0.3) is 0 Å². The Morgan fingerprint density at radius 3 is 2.47 bits per heavy atom. The molecule has 0 saturated carbocycles. The van der Waals surface area contributed by atoms with Crippen LogP contribution in [-0.2, 0) is 4.79 Å². The topological polar surface area (TPSA) is 29.1 Å². The summed E-state index contributed by atoms with van der Waals surface area (Å²) in [5.74, 6) is 0.0756. The van der Waals surface area contributed by atoms with E-state index in [4.69, 9.17) is 0 Å². The van der Waals surface area contributed by atoms with Crippen molar-refractivity contribution >= 4 is 5.91 Å². The Labute approximate surface area is 116 Å². The van der Waals surface area contributed by atoms with Crippen LogP contribution in [0, 0.1) is 0 Å². The number of hydrogen-bond donors (Lipinski definition) is 1. The second kappa shape index (κ2) is 8.52. The number of carbonyl (C=O) groups excluding carboxylic acids is 1. The van der Waals surface area contributed by atoms with E-state index in [0.29, 0.717) is 0 Å². The number of hydrogen-bond acceptors (Lipinski definition) is 1. The number of allylic oxidation sites excluding steroid dienone is 1. The van der Waals surface area contributed by atoms with Crippen molar-refractivity contribution in [1.29, 1.82) is 0 Å². The lowest BCUT2D eigenvalue weighted by Gasteiger charge is -2.15. The highest BCUT2D eigenvalue weighted by Gasteiger charge is 2.12. The first-order valence-electron chi connectivity index (χ1n) is 7.23. The first-order valence-corrected chi connectivity index (χ1v) is 7.23. The minimum absolute atomic E-state index is 0.0515. The SMILES string of the molecule is CCC/C=C(\CCC)C(=O)N[C@H](C)c1ccccc1. The van der Waals surface area contributed by atoms with Gasteiger partial charge >= 0.3 is 0 Å². The smallest absolute Gasteiger partial charge is 0.247 e. The maximum atomic E-state index is 12.2. The van der Waals surface area contributed by atoms with Gasteiger partial charge < -0.3 is 5.32 Å². The summed E-state index contributed by atoms with van der Waals surface area (Å²) in [5.41, 5.74) is 2.06. The molecular formula is C17H25NO. The third-order valence-electron chi connectivity index (χ3n) is 3.14. The third-order valence-corrected chi connectivity index (χ3v) is 3.14. The molecule has 2 nitrogen and oxygen atoms in total. The minimum atomic E-state index is 0.0515. The third kappa shape index (κ3) is 5.29. The number of amides is 1. The normalized spacial score (nSPS) is 13.1. The molecule has 0 aliphatic rings. The molecule has 104 valence electrons. The maximum absolute atomic E-state index is 12.2. The fourth-order valence-corrected chi connectivity index (χ4v) is 2.01. The van der Waals surface area contributed by atoms with Crippen LogP contribution in [0.1, 0.15) is 58.1 Å². The molecule has 0 aliphatic carbocycles. The highest BCUT2D eigenvalue weighted by Crippen LogP contribution is 2.14. The quantitative estimate of drug-likeness (QED) is 0.723. The number of benzene rings is 1. The van der Waals surface area contributed by atoms with Crippen molar-refractivity contribution in [3.05, 3.63) is 47.5 Å². The molecule has 1 atom stereocenters. The van der Waals surface area contributed by atoms with E-state index in [2.05, 4.69) is 25.2 Å². The molecule has 1 aromatic carbocycles. The van der Waals surface area contributed by atoms with Gasteiger partial charge in [0.1, 0.15) is 0 Å². The second-order valence-corrected chi connectivity index (χ2v) is 4.87. The van der Waals surface area contributed by atoms with Crippen LogP contribution in [-0.4, -0.2) is 5.91 Å². The fourth-order valence-electron chi connectivity index (χ4n) is 2.01. The van der Waals surface area contributed by atoms with Gasteiger partial charge in [0.2, 0.25) is 5.91 Å². The van der Waals surface area contributed by atoms with Crippen molar-refractivity contribution < 1.29 is 4.79 Å². The molecule has 0 radical (unpaired) electrons. The summed E-state index contributed by atoms with van der Waals surface area (Å²) in [5, 5.41) is 3.08. The molecular weight excluding hydrogens is 234 g/mol. The lowest BCUT2D eigenvalue weighted by molar-refractivity contribution is -0.118. The van der Waals surface area contributed by atoms with Crippen molar-refractivity contribution in [2.45, 2.75) is 52.5 Å². The zero-order valence-corrected chi connectivity index (χ0v) is 12.3. The summed E-state index contributed by atoms with van der Waals surface area (Å²) < 4.78 is 0. The van der Waals surface area contributed by atoms with Crippen LogP contribution in [0.3, 0.4) is 0 Å². The van der Waals surface area contributed by atoms with Crippen LogP contribution in [0.4, 0.5) is 0 Å². The van der Waals surface area contributed by atoms with Gasteiger partial charge in [-0.3, -0.25) is 4.79 Å². The summed E-state index contributed by atoms with van der Waals surface area (Å²) in [7, 11) is 0. The fraction of sp³-hybridized carbons (Fsp3) is 0.471. The van der Waals surface area contributed by atoms with Crippen molar-refractivity contribution in [1.82, 2.24) is 5.32 Å². The average molecular weight is 259 g/mol. The highest BCUT2D eigenvalue weighted by atomic mass is 16.1. The van der Waals surface area contributed by atoms with Crippen molar-refractivity contribution in [2.75, 3.05) is 0 Å². The summed E-state index contributed by atoms with van der Waals surface area (Å²) in [6.45, 7) is 6.26. The Morgan fingerprint density at radius 2 is 1.89 bits per heavy atom. The Bertz CT molecular complexity index is 409. The molecule has 19 heavy (non-hydrogen) atoms. The van der Waals surface area contributed by atoms with Gasteiger partial charge in [0, 0.05) is 5.57 Å². The van der Waals surface area contributed by atoms with Crippen LogP contribution < -0.4 is 5.32 Å². The van der Waals surface area contributed by atoms with E-state index in [0.717, 1.165) is 36.8 Å². The molecule has 1 rings (SSSR count). The maximum Gasteiger partial charge on any atom is 0.247 e. The van der Waals surface area contributed by atoms with Gasteiger partial charge in [0.25, 0.3) is 0 Å². The van der Waals surface area contributed by atoms with Crippen LogP contribution in [0.5, 0.6) is 0 Å². The molecule has 1 aromatic rings. The Hall–Kier alpha value is -1.57. The van der Waals surface area contributed by atoms with E-state index in [1.165, 1.54) is 0 Å². The number of nitrogens with one attached hydrogen (secondary N) is 1. The number of carbonyl (C=O) groups is 1. The molecule has 0 bridgehead atoms. The lowest BCUT2D eigenvalue weighted by atomic mass is 10.1. The van der Waals surface area contributed by atoms with E-state index in [9.17, 15) is 4.79 Å². The molecule has 1 amide bonds. The first-order chi connectivity index (χ1) is 9.19. The first kappa shape index (κ1) is 15.5. The number of rotatable bonds is 7. The molecule has 0 aromatic heterocycles. The zero-order chi connectivity index (χ0) is 14.1. The van der Waals surface area contributed by atoms with Crippen LogP contribution in [0.15, 0.2) is 42.0 Å². The Balaban J connectivity index is 2.66. The van der Waals surface area contributed by atoms with Gasteiger partial charge in [-0.05, 0) is 25.3 Å². The van der Waals surface area contributed by atoms with Gasteiger partial charge in [-0.15, -0.1) is 0 Å². The Morgan fingerprint density at radius 1 is 1.21 bits per heavy atom. The molecule has 0 unspecified atom stereocenters. The minimum Gasteiger partial charge on any atom is -0.346 e. The molecule has 0 fully saturated rings. The largest absolute Gasteiger partial charge is 0.346 e. The van der Waals surface area contributed by atoms with E-state index in [1.54, 1.807) is 0 Å². The van der Waals surface area contributed by atoms with E-state index in [1.807, 2.05) is 37.3 Å². The van der Waals surface area contributed by atoms with Crippen LogP contribution in [0.2, 0.25) is 0 Å². The van der Waals surface area contributed by atoms with Crippen LogP contribution >= 0.6 is 0 Å². The standard InChI is InChI=1S/C17H25NO/c1-4-6-11-16(10-5-2)17(19)18-14(3)15-12-8-7-9-13-15/h7-9,11-14H,4-6,10H2,1-3H3,(H,18,19)/b16-11+/t14-/m1/s1. The molecule has 0 aliphatic heterocycles. The van der Waals surface area contributed by atoms with E-state index < -0.39 is 0 Å². The molecule has 2 heteroatoms. The predicted octanol–water partition coefficient (Wildman–Crippen LogP) is 4.39. The summed E-state index contributed by atoms with van der Waals surface area (Å²) in [4.78, 5) is 12.2. The van der Waals surface area contributed by atoms with Gasteiger partial charge in [-0.2, -0.15) is 0 Å². The van der Waals surface area contributed by atoms with Gasteiger partial charge in [0.15, 0.2) is 0 Å². The molecule has 0 spiro atoms. The zero-order valence-electron chi connectivity index (χ0n) is 12.3. The van der Waals surface area contributed by atoms with Crippen molar-refractivity contribution in [3.8, 4) is 0 Å². The summed E-state index contributed by atoms with van der Waals surface area (Å²) in [6.07, 6.45) is 5.99. The molecule has 0 heterocycles. The molecule has 1 N–H and O–H groups in total. The van der Waals surface area contributed by atoms with Gasteiger partial charge in [-0.25, -0.2) is 0 Å². The summed E-state index contributed by atoms with van der Waals surface area (Å²) in [6, 6.07) is 10.1. The number of unbranched alkanes of at least 4 members (excludes halogenated alkanes) is 1. The van der Waals surface area contributed by atoms with Crippen molar-refractivity contribution in [2.24, 2.45) is 0 Å². The molecule has 0 saturated heterocycles. The predicted molar refractivity (Wildman–Crippen MR) is 80.9 cm³/mol. The summed E-state index contributed by atoms with van der Waals surface area (Å²) >= 11 is 0.